The summed E-state index contributed by atoms with van der Waals surface area (Å²) in [6.07, 6.45) is 6.95. The van der Waals surface area contributed by atoms with Gasteiger partial charge in [-0.3, -0.25) is 4.98 Å². The summed E-state index contributed by atoms with van der Waals surface area (Å²) in [6, 6.07) is 8.74. The number of aromatic nitrogens is 1. The van der Waals surface area contributed by atoms with Crippen molar-refractivity contribution < 1.29 is 9.53 Å². The van der Waals surface area contributed by atoms with Crippen LogP contribution in [0.1, 0.15) is 56.8 Å². The van der Waals surface area contributed by atoms with Crippen LogP contribution in [0.3, 0.4) is 0 Å². The van der Waals surface area contributed by atoms with Crippen molar-refractivity contribution in [3.8, 4) is 0 Å². The molecule has 2 aromatic rings. The van der Waals surface area contributed by atoms with Gasteiger partial charge in [0, 0.05) is 29.9 Å². The molecule has 25 heavy (non-hydrogen) atoms. The van der Waals surface area contributed by atoms with E-state index in [-0.39, 0.29) is 5.97 Å². The summed E-state index contributed by atoms with van der Waals surface area (Å²) in [5, 5.41) is 0.885. The summed E-state index contributed by atoms with van der Waals surface area (Å²) in [5.74, 6) is 0.578. The molecule has 1 aliphatic heterocycles. The smallest absolute Gasteiger partial charge is 0.339 e. The summed E-state index contributed by atoms with van der Waals surface area (Å²) in [6.45, 7) is 6.78. The van der Waals surface area contributed by atoms with E-state index < -0.39 is 5.60 Å². The summed E-state index contributed by atoms with van der Waals surface area (Å²) in [4.78, 5) is 19.6. The molecule has 0 radical (unpaired) electrons. The molecule has 1 atom stereocenters. The van der Waals surface area contributed by atoms with Crippen molar-refractivity contribution in [3.63, 3.8) is 0 Å². The van der Waals surface area contributed by atoms with Crippen LogP contribution in [0.5, 0.6) is 0 Å². The van der Waals surface area contributed by atoms with E-state index in [0.717, 1.165) is 23.4 Å². The third-order valence-electron chi connectivity index (χ3n) is 5.14. The monoisotopic (exact) mass is 338 g/mol. The number of benzene rings is 1. The molecule has 4 nitrogen and oxygen atoms in total. The number of nitrogens with zero attached hydrogens (tertiary/aromatic N) is 2. The molecule has 0 amide bonds. The van der Waals surface area contributed by atoms with Crippen LogP contribution < -0.4 is 4.90 Å². The minimum atomic E-state index is -0.504. The first-order chi connectivity index (χ1) is 11.9. The molecule has 2 heterocycles. The Bertz CT molecular complexity index is 805. The quantitative estimate of drug-likeness (QED) is 0.769. The van der Waals surface area contributed by atoms with Crippen molar-refractivity contribution >= 4 is 22.6 Å². The molecule has 1 aliphatic carbocycles. The second-order valence-corrected chi connectivity index (χ2v) is 8.30. The van der Waals surface area contributed by atoms with E-state index in [1.165, 1.54) is 31.4 Å². The molecule has 2 fully saturated rings. The molecule has 0 bridgehead atoms. The molecular formula is C21H26N2O2. The molecule has 4 heteroatoms. The van der Waals surface area contributed by atoms with Crippen molar-refractivity contribution in [2.24, 2.45) is 5.92 Å². The summed E-state index contributed by atoms with van der Waals surface area (Å²) >= 11 is 0. The van der Waals surface area contributed by atoms with E-state index in [1.807, 2.05) is 26.8 Å². The van der Waals surface area contributed by atoms with Gasteiger partial charge in [0.1, 0.15) is 5.60 Å². The molecule has 2 aliphatic rings. The Kier molecular flexibility index (Phi) is 3.94. The molecule has 0 spiro atoms. The van der Waals surface area contributed by atoms with Crippen molar-refractivity contribution in [1.82, 2.24) is 4.98 Å². The SMILES string of the molecule is CC(C)(C)OC(=O)c1ccnc2ccc(N3CCCC3C3CC3)cc12. The first-order valence-electron chi connectivity index (χ1n) is 9.31. The van der Waals surface area contributed by atoms with Crippen molar-refractivity contribution in [3.05, 3.63) is 36.0 Å². The van der Waals surface area contributed by atoms with E-state index in [0.29, 0.717) is 11.6 Å². The lowest BCUT2D eigenvalue weighted by molar-refractivity contribution is 0.00718. The Labute approximate surface area is 149 Å². The fourth-order valence-corrected chi connectivity index (χ4v) is 3.91. The maximum absolute atomic E-state index is 12.6. The van der Waals surface area contributed by atoms with Gasteiger partial charge in [-0.2, -0.15) is 0 Å². The molecule has 0 N–H and O–H groups in total. The van der Waals surface area contributed by atoms with Gasteiger partial charge in [0.2, 0.25) is 0 Å². The second-order valence-electron chi connectivity index (χ2n) is 8.30. The van der Waals surface area contributed by atoms with Crippen LogP contribution in [0.4, 0.5) is 5.69 Å². The highest BCUT2D eigenvalue weighted by molar-refractivity contribution is 6.04. The van der Waals surface area contributed by atoms with E-state index in [9.17, 15) is 4.79 Å². The molecular weight excluding hydrogens is 312 g/mol. The number of carbonyl (C=O) groups is 1. The zero-order valence-electron chi connectivity index (χ0n) is 15.3. The summed E-state index contributed by atoms with van der Waals surface area (Å²) in [5.41, 5.74) is 2.15. The van der Waals surface area contributed by atoms with Gasteiger partial charge in [0.25, 0.3) is 0 Å². The number of rotatable bonds is 3. The molecule has 1 saturated heterocycles. The van der Waals surface area contributed by atoms with Crippen molar-refractivity contribution in [2.45, 2.75) is 58.1 Å². The van der Waals surface area contributed by atoms with Crippen LogP contribution in [0.15, 0.2) is 30.5 Å². The third-order valence-corrected chi connectivity index (χ3v) is 5.14. The predicted molar refractivity (Wildman–Crippen MR) is 100 cm³/mol. The highest BCUT2D eigenvalue weighted by Gasteiger charge is 2.38. The van der Waals surface area contributed by atoms with E-state index in [1.54, 1.807) is 12.3 Å². The lowest BCUT2D eigenvalue weighted by atomic mass is 10.1. The molecule has 4 rings (SSSR count). The number of hydrogen-bond donors (Lipinski definition) is 0. The molecule has 1 unspecified atom stereocenters. The predicted octanol–water partition coefficient (Wildman–Crippen LogP) is 4.57. The number of esters is 1. The van der Waals surface area contributed by atoms with Gasteiger partial charge in [-0.15, -0.1) is 0 Å². The van der Waals surface area contributed by atoms with Gasteiger partial charge in [0.05, 0.1) is 11.1 Å². The average Bonchev–Trinajstić information content (AvgIpc) is 3.29. The van der Waals surface area contributed by atoms with E-state index in [2.05, 4.69) is 22.0 Å². The molecule has 1 saturated carbocycles. The summed E-state index contributed by atoms with van der Waals surface area (Å²) < 4.78 is 5.59. The maximum atomic E-state index is 12.6. The fourth-order valence-electron chi connectivity index (χ4n) is 3.91. The largest absolute Gasteiger partial charge is 0.456 e. The minimum absolute atomic E-state index is 0.280. The van der Waals surface area contributed by atoms with Crippen molar-refractivity contribution in [1.29, 1.82) is 0 Å². The highest BCUT2D eigenvalue weighted by Crippen LogP contribution is 2.42. The Hall–Kier alpha value is -2.10. The van der Waals surface area contributed by atoms with Crippen LogP contribution in [-0.2, 0) is 4.74 Å². The molecule has 1 aromatic heterocycles. The van der Waals surface area contributed by atoms with Gasteiger partial charge < -0.3 is 9.64 Å². The first-order valence-corrected chi connectivity index (χ1v) is 9.31. The van der Waals surface area contributed by atoms with Crippen LogP contribution in [0.2, 0.25) is 0 Å². The van der Waals surface area contributed by atoms with Crippen LogP contribution in [0, 0.1) is 5.92 Å². The standard InChI is InChI=1S/C21H26N2O2/c1-21(2,3)25-20(24)16-10-11-22-18-9-8-15(13-17(16)18)23-12-4-5-19(23)14-6-7-14/h8-11,13-14,19H,4-7,12H2,1-3H3. The Morgan fingerprint density at radius 1 is 1.20 bits per heavy atom. The normalized spacial score (nSPS) is 20.9. The van der Waals surface area contributed by atoms with Crippen LogP contribution >= 0.6 is 0 Å². The Morgan fingerprint density at radius 3 is 2.72 bits per heavy atom. The van der Waals surface area contributed by atoms with Gasteiger partial charge in [-0.05, 0) is 76.6 Å². The Morgan fingerprint density at radius 2 is 2.00 bits per heavy atom. The van der Waals surface area contributed by atoms with Gasteiger partial charge in [-0.1, -0.05) is 0 Å². The lowest BCUT2D eigenvalue weighted by Gasteiger charge is -2.27. The van der Waals surface area contributed by atoms with E-state index in [4.69, 9.17) is 4.74 Å². The third kappa shape index (κ3) is 3.35. The van der Waals surface area contributed by atoms with Gasteiger partial charge >= 0.3 is 5.97 Å². The van der Waals surface area contributed by atoms with E-state index >= 15 is 0 Å². The fraction of sp³-hybridized carbons (Fsp3) is 0.524. The lowest BCUT2D eigenvalue weighted by Crippen LogP contribution is -2.30. The minimum Gasteiger partial charge on any atom is -0.456 e. The zero-order chi connectivity index (χ0) is 17.6. The van der Waals surface area contributed by atoms with Crippen LogP contribution in [-0.4, -0.2) is 29.1 Å². The zero-order valence-corrected chi connectivity index (χ0v) is 15.3. The number of pyridine rings is 1. The highest BCUT2D eigenvalue weighted by atomic mass is 16.6. The Balaban J connectivity index is 1.71. The average molecular weight is 338 g/mol. The second kappa shape index (κ2) is 6.01. The van der Waals surface area contributed by atoms with Gasteiger partial charge in [-0.25, -0.2) is 4.79 Å². The topological polar surface area (TPSA) is 42.4 Å². The molecule has 132 valence electrons. The van der Waals surface area contributed by atoms with Gasteiger partial charge in [0.15, 0.2) is 0 Å². The maximum Gasteiger partial charge on any atom is 0.339 e. The number of fused-ring (bicyclic) bond motifs is 1. The number of ether oxygens (including phenoxy) is 1. The first kappa shape index (κ1) is 16.4. The number of hydrogen-bond acceptors (Lipinski definition) is 4. The number of carbonyl (C=O) groups excluding carboxylic acids is 1. The van der Waals surface area contributed by atoms with Crippen molar-refractivity contribution in [2.75, 3.05) is 11.4 Å². The summed E-state index contributed by atoms with van der Waals surface area (Å²) in [7, 11) is 0. The van der Waals surface area contributed by atoms with Crippen LogP contribution in [0.25, 0.3) is 10.9 Å². The number of anilines is 1. The molecule has 1 aromatic carbocycles.